The van der Waals surface area contributed by atoms with Crippen molar-refractivity contribution in [1.29, 1.82) is 0 Å². The van der Waals surface area contributed by atoms with E-state index < -0.39 is 5.97 Å². The normalized spacial score (nSPS) is 12.6. The van der Waals surface area contributed by atoms with Gasteiger partial charge in [-0.3, -0.25) is 0 Å². The highest BCUT2D eigenvalue weighted by atomic mass is 16.5. The third kappa shape index (κ3) is 2.55. The summed E-state index contributed by atoms with van der Waals surface area (Å²) >= 11 is 0. The SMILES string of the molecule is COCCC(C)n1nnc(C(=O)O)c1-c1cncn1C. The van der Waals surface area contributed by atoms with Gasteiger partial charge in [0.2, 0.25) is 0 Å². The topological polar surface area (TPSA) is 95.1 Å². The number of nitrogens with zero attached hydrogens (tertiary/aromatic N) is 5. The molecule has 0 aliphatic rings. The highest BCUT2D eigenvalue weighted by Gasteiger charge is 2.24. The van der Waals surface area contributed by atoms with E-state index >= 15 is 0 Å². The molecule has 0 aromatic carbocycles. The summed E-state index contributed by atoms with van der Waals surface area (Å²) in [5, 5.41) is 17.0. The minimum Gasteiger partial charge on any atom is -0.476 e. The molecule has 0 saturated carbocycles. The number of hydrogen-bond acceptors (Lipinski definition) is 5. The predicted molar refractivity (Wildman–Crippen MR) is 70.4 cm³/mol. The Morgan fingerprint density at radius 3 is 2.85 bits per heavy atom. The molecule has 0 aliphatic carbocycles. The van der Waals surface area contributed by atoms with E-state index in [1.54, 1.807) is 35.9 Å². The molecule has 8 heteroatoms. The third-order valence-electron chi connectivity index (χ3n) is 3.11. The summed E-state index contributed by atoms with van der Waals surface area (Å²) < 4.78 is 8.40. The van der Waals surface area contributed by atoms with Gasteiger partial charge in [-0.05, 0) is 13.3 Å². The van der Waals surface area contributed by atoms with Crippen molar-refractivity contribution in [3.05, 3.63) is 18.2 Å². The summed E-state index contributed by atoms with van der Waals surface area (Å²) in [6, 6.07) is -0.0274. The Balaban J connectivity index is 2.48. The summed E-state index contributed by atoms with van der Waals surface area (Å²) in [6.45, 7) is 2.51. The van der Waals surface area contributed by atoms with Gasteiger partial charge < -0.3 is 14.4 Å². The molecule has 2 aromatic heterocycles. The Hall–Kier alpha value is -2.22. The Labute approximate surface area is 116 Å². The second-order valence-corrected chi connectivity index (χ2v) is 4.56. The average Bonchev–Trinajstić information content (AvgIpc) is 3.01. The Kier molecular flexibility index (Phi) is 4.14. The molecule has 2 heterocycles. The van der Waals surface area contributed by atoms with Crippen molar-refractivity contribution in [3.63, 3.8) is 0 Å². The van der Waals surface area contributed by atoms with E-state index in [1.807, 2.05) is 6.92 Å². The van der Waals surface area contributed by atoms with Gasteiger partial charge in [-0.25, -0.2) is 14.5 Å². The highest BCUT2D eigenvalue weighted by Crippen LogP contribution is 2.25. The molecule has 0 amide bonds. The van der Waals surface area contributed by atoms with Gasteiger partial charge in [0.15, 0.2) is 5.69 Å². The molecule has 1 atom stereocenters. The van der Waals surface area contributed by atoms with Gasteiger partial charge in [-0.1, -0.05) is 5.21 Å². The molecule has 2 aromatic rings. The molecule has 108 valence electrons. The van der Waals surface area contributed by atoms with Crippen LogP contribution in [-0.4, -0.2) is 49.3 Å². The number of imidazole rings is 1. The van der Waals surface area contributed by atoms with E-state index in [0.29, 0.717) is 24.4 Å². The van der Waals surface area contributed by atoms with Crippen LogP contribution in [-0.2, 0) is 11.8 Å². The van der Waals surface area contributed by atoms with E-state index in [2.05, 4.69) is 15.3 Å². The largest absolute Gasteiger partial charge is 0.476 e. The molecule has 0 fully saturated rings. The molecule has 0 radical (unpaired) electrons. The van der Waals surface area contributed by atoms with Crippen molar-refractivity contribution in [2.75, 3.05) is 13.7 Å². The lowest BCUT2D eigenvalue weighted by Crippen LogP contribution is -2.13. The van der Waals surface area contributed by atoms with Crippen LogP contribution in [0.1, 0.15) is 29.9 Å². The van der Waals surface area contributed by atoms with E-state index in [-0.39, 0.29) is 11.7 Å². The van der Waals surface area contributed by atoms with E-state index in [0.717, 1.165) is 0 Å². The molecular weight excluding hydrogens is 262 g/mol. The fourth-order valence-electron chi connectivity index (χ4n) is 1.98. The fourth-order valence-corrected chi connectivity index (χ4v) is 1.98. The number of aromatic nitrogens is 5. The number of methoxy groups -OCH3 is 1. The van der Waals surface area contributed by atoms with Crippen molar-refractivity contribution < 1.29 is 14.6 Å². The molecule has 0 spiro atoms. The minimum atomic E-state index is -1.11. The Morgan fingerprint density at radius 1 is 1.55 bits per heavy atom. The molecule has 1 N–H and O–H groups in total. The van der Waals surface area contributed by atoms with Crippen LogP contribution in [0.25, 0.3) is 11.4 Å². The smallest absolute Gasteiger partial charge is 0.358 e. The quantitative estimate of drug-likeness (QED) is 0.846. The number of carbonyl (C=O) groups is 1. The monoisotopic (exact) mass is 279 g/mol. The maximum Gasteiger partial charge on any atom is 0.358 e. The van der Waals surface area contributed by atoms with E-state index in [4.69, 9.17) is 4.74 Å². The standard InChI is InChI=1S/C12H17N5O3/c1-8(4-5-20-3)17-11(9-6-13-7-16(9)2)10(12(18)19)14-15-17/h6-8H,4-5H2,1-3H3,(H,18,19). The first-order chi connectivity index (χ1) is 9.56. The zero-order valence-corrected chi connectivity index (χ0v) is 11.6. The predicted octanol–water partition coefficient (Wildman–Crippen LogP) is 0.974. The second kappa shape index (κ2) is 5.83. The van der Waals surface area contributed by atoms with E-state index in [1.165, 1.54) is 0 Å². The van der Waals surface area contributed by atoms with Crippen molar-refractivity contribution in [3.8, 4) is 11.4 Å². The van der Waals surface area contributed by atoms with Crippen LogP contribution < -0.4 is 0 Å². The van der Waals surface area contributed by atoms with Gasteiger partial charge in [0.1, 0.15) is 5.69 Å². The van der Waals surface area contributed by atoms with Crippen LogP contribution in [0.15, 0.2) is 12.5 Å². The van der Waals surface area contributed by atoms with Crippen LogP contribution in [0.2, 0.25) is 0 Å². The van der Waals surface area contributed by atoms with Gasteiger partial charge in [0.25, 0.3) is 0 Å². The Bertz CT molecular complexity index is 604. The molecule has 0 bridgehead atoms. The number of aryl methyl sites for hydroxylation is 1. The molecular formula is C12H17N5O3. The Morgan fingerprint density at radius 2 is 2.30 bits per heavy atom. The van der Waals surface area contributed by atoms with Gasteiger partial charge in [-0.2, -0.15) is 0 Å². The van der Waals surface area contributed by atoms with Crippen molar-refractivity contribution in [2.24, 2.45) is 7.05 Å². The van der Waals surface area contributed by atoms with Crippen LogP contribution in [0.5, 0.6) is 0 Å². The summed E-state index contributed by atoms with van der Waals surface area (Å²) in [4.78, 5) is 15.3. The molecule has 2 rings (SSSR count). The second-order valence-electron chi connectivity index (χ2n) is 4.56. The number of rotatable bonds is 6. The van der Waals surface area contributed by atoms with Crippen LogP contribution in [0.4, 0.5) is 0 Å². The first kappa shape index (κ1) is 14.2. The number of carboxylic acid groups (broad SMARTS) is 1. The first-order valence-electron chi connectivity index (χ1n) is 6.20. The van der Waals surface area contributed by atoms with Gasteiger partial charge in [-0.15, -0.1) is 5.10 Å². The maximum absolute atomic E-state index is 11.3. The van der Waals surface area contributed by atoms with E-state index in [9.17, 15) is 9.90 Å². The molecule has 1 unspecified atom stereocenters. The number of carboxylic acids is 1. The van der Waals surface area contributed by atoms with Gasteiger partial charge in [0, 0.05) is 20.8 Å². The van der Waals surface area contributed by atoms with Crippen molar-refractivity contribution in [2.45, 2.75) is 19.4 Å². The molecule has 20 heavy (non-hydrogen) atoms. The molecule has 8 nitrogen and oxygen atoms in total. The lowest BCUT2D eigenvalue weighted by Gasteiger charge is -2.14. The van der Waals surface area contributed by atoms with Crippen LogP contribution in [0, 0.1) is 0 Å². The zero-order chi connectivity index (χ0) is 14.7. The van der Waals surface area contributed by atoms with Crippen LogP contribution in [0.3, 0.4) is 0 Å². The fraction of sp³-hybridized carbons (Fsp3) is 0.500. The summed E-state index contributed by atoms with van der Waals surface area (Å²) in [5.41, 5.74) is 1.05. The maximum atomic E-state index is 11.3. The van der Waals surface area contributed by atoms with Crippen molar-refractivity contribution >= 4 is 5.97 Å². The van der Waals surface area contributed by atoms with Crippen LogP contribution >= 0.6 is 0 Å². The zero-order valence-electron chi connectivity index (χ0n) is 11.6. The van der Waals surface area contributed by atoms with Gasteiger partial charge >= 0.3 is 5.97 Å². The van der Waals surface area contributed by atoms with Gasteiger partial charge in [0.05, 0.1) is 24.3 Å². The molecule has 0 aliphatic heterocycles. The molecule has 0 saturated heterocycles. The number of ether oxygens (including phenoxy) is 1. The summed E-state index contributed by atoms with van der Waals surface area (Å²) in [6.07, 6.45) is 3.92. The third-order valence-corrected chi connectivity index (χ3v) is 3.11. The summed E-state index contributed by atoms with van der Waals surface area (Å²) in [7, 11) is 3.42. The average molecular weight is 279 g/mol. The first-order valence-corrected chi connectivity index (χ1v) is 6.20. The number of hydrogen-bond donors (Lipinski definition) is 1. The van der Waals surface area contributed by atoms with Crippen molar-refractivity contribution in [1.82, 2.24) is 24.5 Å². The number of aromatic carboxylic acids is 1. The minimum absolute atomic E-state index is 0.0274. The summed E-state index contributed by atoms with van der Waals surface area (Å²) in [5.74, 6) is -1.11. The lowest BCUT2D eigenvalue weighted by atomic mass is 10.2. The highest BCUT2D eigenvalue weighted by molar-refractivity contribution is 5.92. The lowest BCUT2D eigenvalue weighted by molar-refractivity contribution is 0.0691.